The molecule has 170 valence electrons. The summed E-state index contributed by atoms with van der Waals surface area (Å²) in [6, 6.07) is 13.9. The lowest BCUT2D eigenvalue weighted by Crippen LogP contribution is -2.36. The fourth-order valence-electron chi connectivity index (χ4n) is 4.76. The zero-order valence-corrected chi connectivity index (χ0v) is 18.7. The number of hydrogen-bond donors (Lipinski definition) is 1. The van der Waals surface area contributed by atoms with Crippen molar-refractivity contribution in [1.82, 2.24) is 9.80 Å². The van der Waals surface area contributed by atoms with Crippen LogP contribution in [0.5, 0.6) is 11.5 Å². The summed E-state index contributed by atoms with van der Waals surface area (Å²) in [7, 11) is 0. The predicted octanol–water partition coefficient (Wildman–Crippen LogP) is 4.31. The van der Waals surface area contributed by atoms with Gasteiger partial charge in [-0.3, -0.25) is 9.59 Å². The van der Waals surface area contributed by atoms with E-state index >= 15 is 0 Å². The molecule has 2 aliphatic rings. The number of carbonyl (C=O) groups is 2. The molecule has 6 heteroatoms. The molecular formula is C26H33N3O3. The van der Waals surface area contributed by atoms with Crippen molar-refractivity contribution in [2.75, 3.05) is 32.7 Å². The smallest absolute Gasteiger partial charge is 0.253 e. The first kappa shape index (κ1) is 22.3. The van der Waals surface area contributed by atoms with Crippen LogP contribution in [0.15, 0.2) is 48.5 Å². The number of hydrogen-bond acceptors (Lipinski definition) is 4. The molecule has 32 heavy (non-hydrogen) atoms. The van der Waals surface area contributed by atoms with Crippen LogP contribution in [0.4, 0.5) is 0 Å². The second-order valence-electron chi connectivity index (χ2n) is 8.97. The summed E-state index contributed by atoms with van der Waals surface area (Å²) in [5, 5.41) is 0. The minimum Gasteiger partial charge on any atom is -0.457 e. The normalized spacial score (nSPS) is 18.2. The minimum atomic E-state index is -0.468. The first-order chi connectivity index (χ1) is 15.6. The van der Waals surface area contributed by atoms with E-state index in [1.807, 2.05) is 29.2 Å². The van der Waals surface area contributed by atoms with Gasteiger partial charge in [0.25, 0.3) is 5.91 Å². The predicted molar refractivity (Wildman–Crippen MR) is 125 cm³/mol. The Morgan fingerprint density at radius 1 is 0.781 bits per heavy atom. The number of ether oxygens (including phenoxy) is 1. The molecule has 0 spiro atoms. The molecule has 1 saturated heterocycles. The van der Waals surface area contributed by atoms with Gasteiger partial charge in [0.1, 0.15) is 11.5 Å². The van der Waals surface area contributed by atoms with Gasteiger partial charge in [-0.1, -0.05) is 19.3 Å². The summed E-state index contributed by atoms with van der Waals surface area (Å²) >= 11 is 0. The number of primary amides is 1. The fourth-order valence-corrected chi connectivity index (χ4v) is 4.76. The van der Waals surface area contributed by atoms with Crippen molar-refractivity contribution in [2.45, 2.75) is 38.5 Å². The Labute approximate surface area is 190 Å². The summed E-state index contributed by atoms with van der Waals surface area (Å²) < 4.78 is 5.82. The van der Waals surface area contributed by atoms with Gasteiger partial charge in [0, 0.05) is 37.3 Å². The molecule has 4 rings (SSSR count). The largest absolute Gasteiger partial charge is 0.457 e. The number of rotatable bonds is 6. The van der Waals surface area contributed by atoms with E-state index in [0.29, 0.717) is 22.6 Å². The second kappa shape index (κ2) is 10.6. The molecule has 2 fully saturated rings. The van der Waals surface area contributed by atoms with Crippen molar-refractivity contribution in [3.8, 4) is 11.5 Å². The third-order valence-corrected chi connectivity index (χ3v) is 6.59. The average Bonchev–Trinajstić information content (AvgIpc) is 3.06. The monoisotopic (exact) mass is 435 g/mol. The van der Waals surface area contributed by atoms with E-state index in [1.165, 1.54) is 38.6 Å². The molecule has 0 atom stereocenters. The Hall–Kier alpha value is -2.86. The van der Waals surface area contributed by atoms with Gasteiger partial charge < -0.3 is 20.3 Å². The first-order valence-electron chi connectivity index (χ1n) is 11.8. The van der Waals surface area contributed by atoms with Crippen LogP contribution >= 0.6 is 0 Å². The maximum absolute atomic E-state index is 13.0. The summed E-state index contributed by atoms with van der Waals surface area (Å²) in [6.07, 6.45) is 7.90. The second-order valence-corrected chi connectivity index (χ2v) is 8.97. The van der Waals surface area contributed by atoms with Crippen LogP contribution in [-0.2, 0) is 0 Å². The first-order valence-corrected chi connectivity index (χ1v) is 11.8. The van der Waals surface area contributed by atoms with Crippen molar-refractivity contribution in [3.63, 3.8) is 0 Å². The third kappa shape index (κ3) is 5.88. The van der Waals surface area contributed by atoms with Gasteiger partial charge in [-0.25, -0.2) is 0 Å². The van der Waals surface area contributed by atoms with E-state index in [2.05, 4.69) is 4.90 Å². The Bertz CT molecular complexity index is 905. The molecule has 2 N–H and O–H groups in total. The Kier molecular flexibility index (Phi) is 7.43. The van der Waals surface area contributed by atoms with Gasteiger partial charge in [0.2, 0.25) is 5.91 Å². The molecule has 0 aromatic heterocycles. The summed E-state index contributed by atoms with van der Waals surface area (Å²) in [6.45, 7) is 4.83. The van der Waals surface area contributed by atoms with E-state index in [1.54, 1.807) is 24.3 Å². The van der Waals surface area contributed by atoms with Crippen molar-refractivity contribution in [3.05, 3.63) is 59.7 Å². The highest BCUT2D eigenvalue weighted by Gasteiger charge is 2.23. The van der Waals surface area contributed by atoms with Gasteiger partial charge in [0.05, 0.1) is 0 Å². The molecule has 1 aliphatic carbocycles. The molecule has 1 aliphatic heterocycles. The molecule has 2 amide bonds. The summed E-state index contributed by atoms with van der Waals surface area (Å²) in [5.74, 6) is 1.71. The van der Waals surface area contributed by atoms with Crippen molar-refractivity contribution in [2.24, 2.45) is 11.7 Å². The summed E-state index contributed by atoms with van der Waals surface area (Å²) in [5.41, 5.74) is 6.38. The zero-order chi connectivity index (χ0) is 22.3. The number of benzene rings is 2. The van der Waals surface area contributed by atoms with Gasteiger partial charge in [0.15, 0.2) is 0 Å². The molecule has 0 radical (unpaired) electrons. The molecule has 6 nitrogen and oxygen atoms in total. The number of amides is 2. The van der Waals surface area contributed by atoms with Gasteiger partial charge in [-0.15, -0.1) is 0 Å². The van der Waals surface area contributed by atoms with E-state index in [4.69, 9.17) is 10.5 Å². The number of carbonyl (C=O) groups excluding carboxylic acids is 2. The van der Waals surface area contributed by atoms with Crippen LogP contribution in [0, 0.1) is 5.92 Å². The minimum absolute atomic E-state index is 0.0851. The Morgan fingerprint density at radius 2 is 1.41 bits per heavy atom. The lowest BCUT2D eigenvalue weighted by Gasteiger charge is -2.28. The van der Waals surface area contributed by atoms with Gasteiger partial charge >= 0.3 is 0 Å². The lowest BCUT2D eigenvalue weighted by atomic mass is 9.89. The molecule has 0 unspecified atom stereocenters. The molecule has 2 aromatic carbocycles. The van der Waals surface area contributed by atoms with E-state index in [9.17, 15) is 9.59 Å². The van der Waals surface area contributed by atoms with Crippen LogP contribution in [0.3, 0.4) is 0 Å². The maximum Gasteiger partial charge on any atom is 0.253 e. The zero-order valence-electron chi connectivity index (χ0n) is 18.7. The van der Waals surface area contributed by atoms with Crippen LogP contribution in [0.2, 0.25) is 0 Å². The quantitative estimate of drug-likeness (QED) is 0.734. The van der Waals surface area contributed by atoms with Crippen LogP contribution < -0.4 is 10.5 Å². The standard InChI is InChI=1S/C26H33N3O3/c27-25(30)21-7-11-23(12-8-21)32-24-13-9-22(10-14-24)26(31)29-16-4-15-28(17-18-29)19-20-5-2-1-3-6-20/h7-14,20H,1-6,15-19H2,(H2,27,30). The van der Waals surface area contributed by atoms with Crippen LogP contribution in [-0.4, -0.2) is 54.3 Å². The highest BCUT2D eigenvalue weighted by atomic mass is 16.5. The molecular weight excluding hydrogens is 402 g/mol. The van der Waals surface area contributed by atoms with Crippen molar-refractivity contribution >= 4 is 11.8 Å². The lowest BCUT2D eigenvalue weighted by molar-refractivity contribution is 0.0759. The van der Waals surface area contributed by atoms with Crippen LogP contribution in [0.1, 0.15) is 59.2 Å². The molecule has 0 bridgehead atoms. The number of nitrogens with zero attached hydrogens (tertiary/aromatic N) is 2. The van der Waals surface area contributed by atoms with Crippen molar-refractivity contribution < 1.29 is 14.3 Å². The van der Waals surface area contributed by atoms with E-state index in [-0.39, 0.29) is 5.91 Å². The maximum atomic E-state index is 13.0. The SMILES string of the molecule is NC(=O)c1ccc(Oc2ccc(C(=O)N3CCCN(CC4CCCCC4)CC3)cc2)cc1. The van der Waals surface area contributed by atoms with E-state index in [0.717, 1.165) is 38.5 Å². The van der Waals surface area contributed by atoms with Gasteiger partial charge in [-0.2, -0.15) is 0 Å². The average molecular weight is 436 g/mol. The third-order valence-electron chi connectivity index (χ3n) is 6.59. The van der Waals surface area contributed by atoms with Crippen molar-refractivity contribution in [1.29, 1.82) is 0 Å². The summed E-state index contributed by atoms with van der Waals surface area (Å²) in [4.78, 5) is 28.8. The highest BCUT2D eigenvalue weighted by Crippen LogP contribution is 2.25. The topological polar surface area (TPSA) is 75.9 Å². The molecule has 1 saturated carbocycles. The van der Waals surface area contributed by atoms with Crippen LogP contribution in [0.25, 0.3) is 0 Å². The Balaban J connectivity index is 1.30. The fraction of sp³-hybridized carbons (Fsp3) is 0.462. The number of nitrogens with two attached hydrogens (primary N) is 1. The Morgan fingerprint density at radius 3 is 2.03 bits per heavy atom. The highest BCUT2D eigenvalue weighted by molar-refractivity contribution is 5.94. The van der Waals surface area contributed by atoms with E-state index < -0.39 is 5.91 Å². The molecule has 1 heterocycles. The van der Waals surface area contributed by atoms with Gasteiger partial charge in [-0.05, 0) is 80.3 Å². The molecule has 2 aromatic rings.